The Kier molecular flexibility index (Phi) is 94.1. The molecule has 0 N–H and O–H groups in total. The molecule has 0 amide bonds. The molecule has 0 aliphatic heterocycles. The Morgan fingerprint density at radius 3 is 0.670 bits per heavy atom. The van der Waals surface area contributed by atoms with Crippen molar-refractivity contribution in [3.63, 3.8) is 0 Å². The van der Waals surface area contributed by atoms with E-state index < -0.39 is 5.41 Å². The van der Waals surface area contributed by atoms with Crippen molar-refractivity contribution >= 4 is 47.4 Å². The summed E-state index contributed by atoms with van der Waals surface area (Å²) >= 11 is 3.19. The number of ether oxygens (including phenoxy) is 4. The zero-order valence-corrected chi connectivity index (χ0v) is 76.3. The van der Waals surface area contributed by atoms with Crippen molar-refractivity contribution in [2.24, 2.45) is 10.8 Å². The van der Waals surface area contributed by atoms with E-state index in [-0.39, 0.29) is 39.8 Å². The van der Waals surface area contributed by atoms with Gasteiger partial charge < -0.3 is 18.9 Å². The van der Waals surface area contributed by atoms with Crippen molar-refractivity contribution in [3.05, 3.63) is 292 Å². The van der Waals surface area contributed by atoms with Gasteiger partial charge in [-0.1, -0.05) is 340 Å². The fourth-order valence-corrected chi connectivity index (χ4v) is 11.4. The maximum atomic E-state index is 12.3. The molecule has 0 fully saturated rings. The predicted molar refractivity (Wildman–Crippen MR) is 514 cm³/mol. The molecule has 0 spiro atoms. The van der Waals surface area contributed by atoms with E-state index in [4.69, 9.17) is 18.9 Å². The molecule has 8 nitrogen and oxygen atoms in total. The molecule has 115 heavy (non-hydrogen) atoms. The van der Waals surface area contributed by atoms with Crippen molar-refractivity contribution in [3.8, 4) is 0 Å². The van der Waals surface area contributed by atoms with Crippen molar-refractivity contribution in [2.45, 2.75) is 293 Å². The molecule has 10 heteroatoms. The van der Waals surface area contributed by atoms with Crippen LogP contribution in [0.5, 0.6) is 0 Å². The van der Waals surface area contributed by atoms with Gasteiger partial charge in [-0.25, -0.2) is 0 Å². The van der Waals surface area contributed by atoms with Gasteiger partial charge in [-0.05, 0) is 246 Å². The number of carbonyl (C=O) groups excluding carboxylic acids is 4. The number of thioether (sulfide) groups is 2. The molecule has 2 atom stereocenters. The molecular formula is C105H162O8S2. The lowest BCUT2D eigenvalue weighted by molar-refractivity contribution is -0.156. The van der Waals surface area contributed by atoms with Crippen molar-refractivity contribution < 1.29 is 38.1 Å². The van der Waals surface area contributed by atoms with E-state index in [1.54, 1.807) is 23.5 Å². The maximum Gasteiger partial charge on any atom is 0.319 e. The summed E-state index contributed by atoms with van der Waals surface area (Å²) in [5, 5.41) is -0.172. The summed E-state index contributed by atoms with van der Waals surface area (Å²) < 4.78 is 20.5. The number of rotatable bonds is 65. The highest BCUT2D eigenvalue weighted by atomic mass is 32.2. The van der Waals surface area contributed by atoms with E-state index in [2.05, 4.69) is 340 Å². The Labute approximate surface area is 715 Å². The van der Waals surface area contributed by atoms with Crippen LogP contribution in [-0.4, -0.2) is 72.8 Å². The van der Waals surface area contributed by atoms with Gasteiger partial charge in [0.25, 0.3) is 0 Å². The Morgan fingerprint density at radius 2 is 0.452 bits per heavy atom. The molecule has 0 aliphatic rings. The lowest BCUT2D eigenvalue weighted by Gasteiger charge is -2.27. The summed E-state index contributed by atoms with van der Waals surface area (Å²) in [4.78, 5) is 47.6. The summed E-state index contributed by atoms with van der Waals surface area (Å²) in [7, 11) is 0. The SMILES string of the molecule is CC/C=C\C/C=C\C/C=C\C/C=C\C/C=C\C/C=C\CC(C)(C)C(=O)OCC.CC/C=C\C/C=C\C/C=C\C/C=C\C/C=C\C/C=C\CC(CC)(CC)C(=O)OCC.CC/C=C\C/C=C\C/C=C\C/C=C\C/C=C\C/C=C\CC(SC)C(=O)OCC.CC/C=C\C/C=C\C/C=C\C/C=C\C/C=C\C/C=C\CC(SCC)C(=O)OCC. The molecule has 0 radical (unpaired) electrons. The van der Waals surface area contributed by atoms with Gasteiger partial charge in [0.2, 0.25) is 0 Å². The van der Waals surface area contributed by atoms with Crippen LogP contribution in [0.1, 0.15) is 283 Å². The standard InChI is InChI=1S/C28H44O2.C26H40O2S.C26H40O2.C25H38O2S/c1-5-9-10-11-12-13-14-15-16-17-18-19-20-21-22-23-24-25-26-28(6-2,7-3)27(29)30-8-4;1-4-7-8-9-10-11-12-13-14-15-16-17-18-19-20-21-22-23-24-25(29-6-3)26(27)28-5-2;1-5-7-8-9-10-11-12-13-14-15-16-17-18-19-20-21-22-23-24-26(3,4)25(27)28-6-2;1-4-6-7-8-9-10-11-12-13-14-15-16-17-18-19-20-21-22-23-24(28-3)25(26)27-5-2/h9-10,12-13,15-16,18-19,21-22,24-25H,5-8,11,14,17,20,23,26H2,1-4H3;7-8,10-11,13-14,16-17,19-20,22-23,25H,4-6,9,12,15,18,21,24H2,1-3H3;7-8,10-11,13-14,16-17,19-20,22-23H,5-6,9,12,15,18,21,24H2,1-4H3;6-7,9-10,12-13,15-16,18-19,21-22,24H,4-5,8,11,14,17,20,23H2,1-3H3/b10-9-,13-12-,16-15-,19-18-,22-21-,25-24-;2*8-7-,11-10-,14-13-,17-16-,20-19-,23-22-;7-6-,10-9-,13-12-,16-15-,19-18-,22-21-. The first-order valence-electron chi connectivity index (χ1n) is 43.6. The third-order valence-electron chi connectivity index (χ3n) is 16.9. The molecular weight excluding hydrogens is 1450 g/mol. The molecule has 0 heterocycles. The summed E-state index contributed by atoms with van der Waals surface area (Å²) in [6.07, 6.45) is 135. The fraction of sp³-hybridized carbons (Fsp3) is 0.505. The van der Waals surface area contributed by atoms with Gasteiger partial charge in [-0.15, -0.1) is 23.5 Å². The maximum absolute atomic E-state index is 12.3. The minimum absolute atomic E-state index is 0.0606. The number of esters is 4. The Morgan fingerprint density at radius 1 is 0.252 bits per heavy atom. The second kappa shape index (κ2) is 95.2. The molecule has 2 unspecified atom stereocenters. The smallest absolute Gasteiger partial charge is 0.319 e. The molecule has 0 rings (SSSR count). The zero-order chi connectivity index (χ0) is 85.4. The van der Waals surface area contributed by atoms with Crippen LogP contribution < -0.4 is 0 Å². The fourth-order valence-electron chi connectivity index (χ4n) is 10.0. The molecule has 0 saturated carbocycles. The molecule has 0 aromatic rings. The predicted octanol–water partition coefficient (Wildman–Crippen LogP) is 31.2. The average molecular weight is 1620 g/mol. The molecule has 0 aliphatic carbocycles. The molecule has 0 saturated heterocycles. The highest BCUT2D eigenvalue weighted by Gasteiger charge is 2.35. The highest BCUT2D eigenvalue weighted by Crippen LogP contribution is 2.33. The van der Waals surface area contributed by atoms with Crippen LogP contribution in [0.25, 0.3) is 0 Å². The van der Waals surface area contributed by atoms with E-state index in [0.717, 1.165) is 192 Å². The monoisotopic (exact) mass is 1620 g/mol. The second-order valence-corrected chi connectivity index (χ2v) is 29.5. The first-order chi connectivity index (χ1) is 56.2. The summed E-state index contributed by atoms with van der Waals surface area (Å²) in [6, 6.07) is 0. The molecule has 642 valence electrons. The van der Waals surface area contributed by atoms with Gasteiger partial charge in [-0.2, -0.15) is 0 Å². The summed E-state index contributed by atoms with van der Waals surface area (Å²) in [5.74, 6) is 0.518. The second-order valence-electron chi connectivity index (χ2n) is 27.0. The van der Waals surface area contributed by atoms with E-state index in [1.807, 2.05) is 47.8 Å². The Hall–Kier alpha value is -7.66. The van der Waals surface area contributed by atoms with Gasteiger partial charge in [0.1, 0.15) is 10.5 Å². The van der Waals surface area contributed by atoms with Crippen molar-refractivity contribution in [1.82, 2.24) is 0 Å². The quantitative estimate of drug-likeness (QED) is 0.0332. The third kappa shape index (κ3) is 84.1. The van der Waals surface area contributed by atoms with E-state index in [9.17, 15) is 19.2 Å². The van der Waals surface area contributed by atoms with Crippen LogP contribution >= 0.6 is 23.5 Å². The first-order valence-corrected chi connectivity index (χ1v) is 46.0. The molecule has 0 bridgehead atoms. The van der Waals surface area contributed by atoms with Gasteiger partial charge in [-0.3, -0.25) is 19.2 Å². The number of hydrogen-bond donors (Lipinski definition) is 0. The minimum Gasteiger partial charge on any atom is -0.466 e. The van der Waals surface area contributed by atoms with Gasteiger partial charge in [0.05, 0.1) is 37.3 Å². The summed E-state index contributed by atoms with van der Waals surface area (Å²) in [6.45, 7) is 27.8. The Bertz CT molecular complexity index is 3050. The van der Waals surface area contributed by atoms with Crippen LogP contribution in [0.15, 0.2) is 292 Å². The van der Waals surface area contributed by atoms with Crippen molar-refractivity contribution in [1.29, 1.82) is 0 Å². The lowest BCUT2D eigenvalue weighted by Crippen LogP contribution is -2.31. The first kappa shape index (κ1) is 114. The van der Waals surface area contributed by atoms with Crippen molar-refractivity contribution in [2.75, 3.05) is 38.4 Å². The topological polar surface area (TPSA) is 105 Å². The molecule has 0 aromatic heterocycles. The lowest BCUT2D eigenvalue weighted by atomic mass is 9.79. The third-order valence-corrected chi connectivity index (χ3v) is 18.9. The highest BCUT2D eigenvalue weighted by molar-refractivity contribution is 8.00. The van der Waals surface area contributed by atoms with E-state index >= 15 is 0 Å². The van der Waals surface area contributed by atoms with Gasteiger partial charge in [0.15, 0.2) is 0 Å². The minimum atomic E-state index is -0.450. The normalized spacial score (nSPS) is 13.7. The van der Waals surface area contributed by atoms with Crippen LogP contribution in [0.3, 0.4) is 0 Å². The van der Waals surface area contributed by atoms with Crippen LogP contribution in [-0.2, 0) is 38.1 Å². The Balaban J connectivity index is -0.000000715. The van der Waals surface area contributed by atoms with Crippen LogP contribution in [0.4, 0.5) is 0 Å². The van der Waals surface area contributed by atoms with E-state index in [0.29, 0.717) is 32.8 Å². The summed E-state index contributed by atoms with van der Waals surface area (Å²) in [5.41, 5.74) is -0.817. The van der Waals surface area contributed by atoms with E-state index in [1.165, 1.54) is 0 Å². The zero-order valence-electron chi connectivity index (χ0n) is 74.7. The molecule has 0 aromatic carbocycles. The van der Waals surface area contributed by atoms with Gasteiger partial charge >= 0.3 is 23.9 Å². The number of carbonyl (C=O) groups is 4. The van der Waals surface area contributed by atoms with Crippen LogP contribution in [0, 0.1) is 10.8 Å². The number of hydrogen-bond acceptors (Lipinski definition) is 10. The average Bonchev–Trinajstić information content (AvgIpc) is 0.851. The largest absolute Gasteiger partial charge is 0.466 e. The number of allylic oxidation sites excluding steroid dienone is 48. The van der Waals surface area contributed by atoms with Crippen LogP contribution in [0.2, 0.25) is 0 Å². The van der Waals surface area contributed by atoms with Gasteiger partial charge in [0, 0.05) is 0 Å².